The van der Waals surface area contributed by atoms with Gasteiger partial charge in [-0.05, 0) is 34.1 Å². The van der Waals surface area contributed by atoms with Gasteiger partial charge in [0.05, 0.1) is 6.54 Å². The number of nitrogens with zero attached hydrogens (tertiary/aromatic N) is 2. The van der Waals surface area contributed by atoms with Crippen molar-refractivity contribution >= 4 is 5.91 Å². The molecule has 106 valence electrons. The molecule has 1 saturated heterocycles. The van der Waals surface area contributed by atoms with E-state index in [1.807, 2.05) is 13.8 Å². The van der Waals surface area contributed by atoms with Crippen molar-refractivity contribution in [1.29, 1.82) is 0 Å². The van der Waals surface area contributed by atoms with Gasteiger partial charge in [0.1, 0.15) is 0 Å². The second-order valence-corrected chi connectivity index (χ2v) is 6.15. The average Bonchev–Trinajstić information content (AvgIpc) is 2.28. The van der Waals surface area contributed by atoms with Gasteiger partial charge in [0.15, 0.2) is 0 Å². The molecule has 1 aliphatic heterocycles. The number of amides is 1. The normalized spacial score (nSPS) is 19.2. The predicted molar refractivity (Wildman–Crippen MR) is 75.7 cm³/mol. The Hall–Kier alpha value is -0.610. The number of carbonyl (C=O) groups excluding carboxylic acids is 1. The molecule has 0 aromatic rings. The van der Waals surface area contributed by atoms with Crippen LogP contribution in [0.4, 0.5) is 0 Å². The highest BCUT2D eigenvalue weighted by Gasteiger charge is 2.28. The molecular formula is C14H29N3O. The lowest BCUT2D eigenvalue weighted by molar-refractivity contribution is -0.123. The van der Waals surface area contributed by atoms with Crippen molar-refractivity contribution in [2.75, 3.05) is 32.7 Å². The van der Waals surface area contributed by atoms with Crippen LogP contribution in [0.1, 0.15) is 41.0 Å². The Balaban J connectivity index is 2.34. The zero-order valence-corrected chi connectivity index (χ0v) is 12.6. The number of carbonyl (C=O) groups is 1. The lowest BCUT2D eigenvalue weighted by Gasteiger charge is -2.43. The van der Waals surface area contributed by atoms with Gasteiger partial charge in [-0.25, -0.2) is 0 Å². The van der Waals surface area contributed by atoms with Crippen LogP contribution in [-0.2, 0) is 4.79 Å². The van der Waals surface area contributed by atoms with Crippen LogP contribution in [-0.4, -0.2) is 60.0 Å². The summed E-state index contributed by atoms with van der Waals surface area (Å²) in [5.41, 5.74) is 0.284. The maximum absolute atomic E-state index is 11.7. The van der Waals surface area contributed by atoms with E-state index in [2.05, 4.69) is 35.9 Å². The first-order valence-corrected chi connectivity index (χ1v) is 7.12. The molecule has 4 heteroatoms. The fraction of sp³-hybridized carbons (Fsp3) is 0.929. The van der Waals surface area contributed by atoms with Gasteiger partial charge < -0.3 is 5.32 Å². The predicted octanol–water partition coefficient (Wildman–Crippen LogP) is 1.32. The van der Waals surface area contributed by atoms with Crippen LogP contribution in [0, 0.1) is 0 Å². The molecule has 0 aromatic heterocycles. The molecule has 0 aromatic carbocycles. The molecule has 0 aliphatic carbocycles. The first-order chi connectivity index (χ1) is 8.35. The summed E-state index contributed by atoms with van der Waals surface area (Å²) >= 11 is 0. The average molecular weight is 255 g/mol. The van der Waals surface area contributed by atoms with Gasteiger partial charge in [-0.1, -0.05) is 6.92 Å². The number of rotatable bonds is 5. The highest BCUT2D eigenvalue weighted by atomic mass is 16.2. The summed E-state index contributed by atoms with van der Waals surface area (Å²) in [5, 5.41) is 2.95. The number of nitrogens with one attached hydrogen (secondary N) is 1. The maximum Gasteiger partial charge on any atom is 0.234 e. The highest BCUT2D eigenvalue weighted by molar-refractivity contribution is 5.78. The van der Waals surface area contributed by atoms with Crippen LogP contribution in [0.5, 0.6) is 0 Å². The fourth-order valence-corrected chi connectivity index (χ4v) is 2.31. The summed E-state index contributed by atoms with van der Waals surface area (Å²) in [5.74, 6) is 0.146. The minimum atomic E-state index is 0.146. The quantitative estimate of drug-likeness (QED) is 0.805. The molecule has 1 rings (SSSR count). The third kappa shape index (κ3) is 4.58. The van der Waals surface area contributed by atoms with E-state index in [9.17, 15) is 4.79 Å². The van der Waals surface area contributed by atoms with E-state index >= 15 is 0 Å². The van der Waals surface area contributed by atoms with Gasteiger partial charge in [-0.2, -0.15) is 0 Å². The molecule has 1 N–H and O–H groups in total. The van der Waals surface area contributed by atoms with Gasteiger partial charge in [0.2, 0.25) is 5.91 Å². The SMILES string of the molecule is CCC(C)(C)N1CCN(CC(=O)NC(C)C)CC1. The van der Waals surface area contributed by atoms with Crippen molar-refractivity contribution in [3.8, 4) is 0 Å². The number of hydrogen-bond acceptors (Lipinski definition) is 3. The second-order valence-electron chi connectivity index (χ2n) is 6.15. The zero-order chi connectivity index (χ0) is 13.8. The second kappa shape index (κ2) is 6.53. The van der Waals surface area contributed by atoms with Crippen LogP contribution < -0.4 is 5.32 Å². The summed E-state index contributed by atoms with van der Waals surface area (Å²) in [6, 6.07) is 0.234. The number of hydrogen-bond donors (Lipinski definition) is 1. The summed E-state index contributed by atoms with van der Waals surface area (Å²) < 4.78 is 0. The third-order valence-corrected chi connectivity index (χ3v) is 3.91. The lowest BCUT2D eigenvalue weighted by Crippen LogP contribution is -2.55. The van der Waals surface area contributed by atoms with Crippen molar-refractivity contribution in [3.05, 3.63) is 0 Å². The Labute approximate surface area is 112 Å². The molecule has 1 aliphatic rings. The van der Waals surface area contributed by atoms with E-state index in [0.29, 0.717) is 6.54 Å². The monoisotopic (exact) mass is 255 g/mol. The third-order valence-electron chi connectivity index (χ3n) is 3.91. The Morgan fingerprint density at radius 2 is 1.78 bits per heavy atom. The van der Waals surface area contributed by atoms with Crippen molar-refractivity contribution in [3.63, 3.8) is 0 Å². The van der Waals surface area contributed by atoms with Crippen LogP contribution in [0.15, 0.2) is 0 Å². The molecule has 0 atom stereocenters. The summed E-state index contributed by atoms with van der Waals surface area (Å²) in [6.07, 6.45) is 1.17. The summed E-state index contributed by atoms with van der Waals surface area (Å²) in [7, 11) is 0. The van der Waals surface area contributed by atoms with Gasteiger partial charge in [-0.15, -0.1) is 0 Å². The number of piperazine rings is 1. The Kier molecular flexibility index (Phi) is 5.60. The molecule has 0 bridgehead atoms. The van der Waals surface area contributed by atoms with Gasteiger partial charge in [0.25, 0.3) is 0 Å². The van der Waals surface area contributed by atoms with Crippen LogP contribution in [0.3, 0.4) is 0 Å². The molecule has 1 amide bonds. The van der Waals surface area contributed by atoms with E-state index in [-0.39, 0.29) is 17.5 Å². The molecule has 1 fully saturated rings. The maximum atomic E-state index is 11.7. The van der Waals surface area contributed by atoms with Gasteiger partial charge in [-0.3, -0.25) is 14.6 Å². The molecule has 0 saturated carbocycles. The van der Waals surface area contributed by atoms with Crippen molar-refractivity contribution in [2.24, 2.45) is 0 Å². The molecule has 18 heavy (non-hydrogen) atoms. The van der Waals surface area contributed by atoms with Crippen LogP contribution >= 0.6 is 0 Å². The molecule has 4 nitrogen and oxygen atoms in total. The van der Waals surface area contributed by atoms with Crippen molar-refractivity contribution < 1.29 is 4.79 Å². The summed E-state index contributed by atoms with van der Waals surface area (Å²) in [4.78, 5) is 16.5. The Morgan fingerprint density at radius 3 is 2.22 bits per heavy atom. The molecular weight excluding hydrogens is 226 g/mol. The van der Waals surface area contributed by atoms with Gasteiger partial charge >= 0.3 is 0 Å². The van der Waals surface area contributed by atoms with Gasteiger partial charge in [0, 0.05) is 37.8 Å². The molecule has 1 heterocycles. The zero-order valence-electron chi connectivity index (χ0n) is 12.6. The summed E-state index contributed by atoms with van der Waals surface area (Å²) in [6.45, 7) is 15.5. The Morgan fingerprint density at radius 1 is 1.22 bits per heavy atom. The lowest BCUT2D eigenvalue weighted by atomic mass is 9.98. The molecule has 0 radical (unpaired) electrons. The first kappa shape index (κ1) is 15.4. The standard InChI is InChI=1S/C14H29N3O/c1-6-14(4,5)17-9-7-16(8-10-17)11-13(18)15-12(2)3/h12H,6-11H2,1-5H3,(H,15,18). The van der Waals surface area contributed by atoms with E-state index in [1.165, 1.54) is 6.42 Å². The van der Waals surface area contributed by atoms with E-state index < -0.39 is 0 Å². The van der Waals surface area contributed by atoms with Crippen molar-refractivity contribution in [1.82, 2.24) is 15.1 Å². The minimum Gasteiger partial charge on any atom is -0.353 e. The fourth-order valence-electron chi connectivity index (χ4n) is 2.31. The van der Waals surface area contributed by atoms with Crippen molar-refractivity contribution in [2.45, 2.75) is 52.6 Å². The highest BCUT2D eigenvalue weighted by Crippen LogP contribution is 2.19. The van der Waals surface area contributed by atoms with E-state index in [4.69, 9.17) is 0 Å². The molecule has 0 unspecified atom stereocenters. The van der Waals surface area contributed by atoms with E-state index in [1.54, 1.807) is 0 Å². The smallest absolute Gasteiger partial charge is 0.234 e. The Bertz CT molecular complexity index is 268. The largest absolute Gasteiger partial charge is 0.353 e. The minimum absolute atomic E-state index is 0.146. The van der Waals surface area contributed by atoms with E-state index in [0.717, 1.165) is 26.2 Å². The van der Waals surface area contributed by atoms with Crippen LogP contribution in [0.25, 0.3) is 0 Å². The molecule has 0 spiro atoms. The first-order valence-electron chi connectivity index (χ1n) is 7.12. The topological polar surface area (TPSA) is 35.6 Å². The van der Waals surface area contributed by atoms with Crippen LogP contribution in [0.2, 0.25) is 0 Å².